The second-order valence-corrected chi connectivity index (χ2v) is 8.46. The number of non-ortho nitro benzene ring substituents is 1. The third kappa shape index (κ3) is 4.49. The number of nitro groups is 1. The van der Waals surface area contributed by atoms with E-state index in [0.29, 0.717) is 31.7 Å². The molecular formula is C18H22N4O4S. The van der Waals surface area contributed by atoms with Gasteiger partial charge in [-0.1, -0.05) is 6.07 Å². The van der Waals surface area contributed by atoms with E-state index in [9.17, 15) is 18.5 Å². The number of rotatable bonds is 6. The number of nitro benzene ring substituents is 1. The summed E-state index contributed by atoms with van der Waals surface area (Å²) >= 11 is 0. The second kappa shape index (κ2) is 8.12. The monoisotopic (exact) mass is 390 g/mol. The van der Waals surface area contributed by atoms with Crippen molar-refractivity contribution in [2.75, 3.05) is 32.7 Å². The number of sulfonamides is 1. The van der Waals surface area contributed by atoms with Gasteiger partial charge in [0.25, 0.3) is 5.69 Å². The van der Waals surface area contributed by atoms with Crippen LogP contribution in [0.1, 0.15) is 11.1 Å². The van der Waals surface area contributed by atoms with E-state index in [-0.39, 0.29) is 10.6 Å². The van der Waals surface area contributed by atoms with Crippen molar-refractivity contribution in [1.29, 1.82) is 0 Å². The van der Waals surface area contributed by atoms with Gasteiger partial charge in [0, 0.05) is 57.3 Å². The fourth-order valence-electron chi connectivity index (χ4n) is 3.15. The number of piperazine rings is 1. The summed E-state index contributed by atoms with van der Waals surface area (Å²) < 4.78 is 27.3. The summed E-state index contributed by atoms with van der Waals surface area (Å²) in [6, 6.07) is 7.92. The zero-order valence-corrected chi connectivity index (χ0v) is 15.9. The summed E-state index contributed by atoms with van der Waals surface area (Å²) in [4.78, 5) is 16.7. The topological polar surface area (TPSA) is 96.6 Å². The maximum Gasteiger partial charge on any atom is 0.270 e. The lowest BCUT2D eigenvalue weighted by Gasteiger charge is -2.34. The van der Waals surface area contributed by atoms with Crippen LogP contribution in [0, 0.1) is 17.0 Å². The molecule has 0 saturated carbocycles. The van der Waals surface area contributed by atoms with E-state index in [1.807, 2.05) is 12.1 Å². The number of aromatic nitrogens is 1. The van der Waals surface area contributed by atoms with E-state index in [0.717, 1.165) is 19.0 Å². The third-order valence-corrected chi connectivity index (χ3v) is 6.84. The van der Waals surface area contributed by atoms with Gasteiger partial charge >= 0.3 is 0 Å². The number of benzene rings is 1. The Balaban J connectivity index is 1.65. The van der Waals surface area contributed by atoms with Crippen LogP contribution >= 0.6 is 0 Å². The largest absolute Gasteiger partial charge is 0.300 e. The molecule has 1 saturated heterocycles. The summed E-state index contributed by atoms with van der Waals surface area (Å²) in [6.07, 6.45) is 4.42. The van der Waals surface area contributed by atoms with Gasteiger partial charge in [-0.15, -0.1) is 0 Å². The number of aryl methyl sites for hydroxylation is 1. The molecule has 2 aromatic rings. The van der Waals surface area contributed by atoms with Crippen LogP contribution in [0.15, 0.2) is 47.6 Å². The molecule has 0 aliphatic carbocycles. The maximum atomic E-state index is 12.9. The van der Waals surface area contributed by atoms with Crippen LogP contribution in [0.2, 0.25) is 0 Å². The van der Waals surface area contributed by atoms with Crippen LogP contribution in [0.5, 0.6) is 0 Å². The van der Waals surface area contributed by atoms with E-state index in [2.05, 4.69) is 9.88 Å². The number of hydrogen-bond donors (Lipinski definition) is 0. The van der Waals surface area contributed by atoms with Gasteiger partial charge in [-0.25, -0.2) is 8.42 Å². The Kier molecular flexibility index (Phi) is 5.83. The predicted octanol–water partition coefficient (Wildman–Crippen LogP) is 1.85. The van der Waals surface area contributed by atoms with E-state index in [1.165, 1.54) is 22.0 Å². The van der Waals surface area contributed by atoms with E-state index < -0.39 is 14.9 Å². The van der Waals surface area contributed by atoms with E-state index in [4.69, 9.17) is 0 Å². The standard InChI is InChI=1S/C18H22N4O4S/c1-15-2-3-17(22(23)24)14-18(15)27(25,26)21-12-10-20(11-13-21)9-6-16-4-7-19-8-5-16/h2-5,7-8,14H,6,9-13H2,1H3. The molecule has 0 bridgehead atoms. The van der Waals surface area contributed by atoms with Gasteiger partial charge in [-0.3, -0.25) is 15.1 Å². The lowest BCUT2D eigenvalue weighted by molar-refractivity contribution is -0.385. The van der Waals surface area contributed by atoms with Gasteiger partial charge in [0.2, 0.25) is 10.0 Å². The lowest BCUT2D eigenvalue weighted by atomic mass is 10.2. The molecule has 0 spiro atoms. The summed E-state index contributed by atoms with van der Waals surface area (Å²) in [5, 5.41) is 11.0. The first kappa shape index (κ1) is 19.4. The highest BCUT2D eigenvalue weighted by atomic mass is 32.2. The third-order valence-electron chi connectivity index (χ3n) is 4.80. The Morgan fingerprint density at radius 1 is 1.11 bits per heavy atom. The smallest absolute Gasteiger partial charge is 0.270 e. The molecule has 144 valence electrons. The van der Waals surface area contributed by atoms with Crippen molar-refractivity contribution in [3.05, 3.63) is 64.0 Å². The van der Waals surface area contributed by atoms with Crippen LogP contribution in [0.4, 0.5) is 5.69 Å². The number of hydrogen-bond acceptors (Lipinski definition) is 6. The van der Waals surface area contributed by atoms with Gasteiger partial charge in [0.05, 0.1) is 9.82 Å². The molecule has 1 aromatic carbocycles. The van der Waals surface area contributed by atoms with Crippen molar-refractivity contribution in [3.63, 3.8) is 0 Å². The fraction of sp³-hybridized carbons (Fsp3) is 0.389. The van der Waals surface area contributed by atoms with E-state index >= 15 is 0 Å². The molecule has 8 nitrogen and oxygen atoms in total. The Morgan fingerprint density at radius 2 is 1.78 bits per heavy atom. The predicted molar refractivity (Wildman–Crippen MR) is 101 cm³/mol. The molecule has 0 amide bonds. The molecule has 9 heteroatoms. The molecule has 0 unspecified atom stereocenters. The SMILES string of the molecule is Cc1ccc([N+](=O)[O-])cc1S(=O)(=O)N1CCN(CCc2ccncc2)CC1. The zero-order chi connectivity index (χ0) is 19.4. The summed E-state index contributed by atoms with van der Waals surface area (Å²) in [7, 11) is -3.75. The average Bonchev–Trinajstić information content (AvgIpc) is 2.67. The Labute approximate surface area is 158 Å². The maximum absolute atomic E-state index is 12.9. The first-order valence-electron chi connectivity index (χ1n) is 8.74. The molecule has 3 rings (SSSR count). The molecule has 1 aliphatic rings. The first-order chi connectivity index (χ1) is 12.9. The molecule has 0 atom stereocenters. The van der Waals surface area contributed by atoms with Crippen molar-refractivity contribution < 1.29 is 13.3 Å². The van der Waals surface area contributed by atoms with Crippen molar-refractivity contribution >= 4 is 15.7 Å². The van der Waals surface area contributed by atoms with Crippen molar-refractivity contribution in [2.45, 2.75) is 18.2 Å². The van der Waals surface area contributed by atoms with Crippen LogP contribution < -0.4 is 0 Å². The molecule has 0 N–H and O–H groups in total. The van der Waals surface area contributed by atoms with Crippen molar-refractivity contribution in [2.24, 2.45) is 0 Å². The summed E-state index contributed by atoms with van der Waals surface area (Å²) in [6.45, 7) is 4.54. The quantitative estimate of drug-likeness (QED) is 0.552. The van der Waals surface area contributed by atoms with Gasteiger partial charge in [0.15, 0.2) is 0 Å². The molecule has 27 heavy (non-hydrogen) atoms. The average molecular weight is 390 g/mol. The molecule has 1 aliphatic heterocycles. The van der Waals surface area contributed by atoms with Crippen LogP contribution in [0.25, 0.3) is 0 Å². The molecule has 2 heterocycles. The Hall–Kier alpha value is -2.36. The van der Waals surface area contributed by atoms with E-state index in [1.54, 1.807) is 19.3 Å². The van der Waals surface area contributed by atoms with Crippen LogP contribution in [-0.4, -0.2) is 60.3 Å². The first-order valence-corrected chi connectivity index (χ1v) is 10.2. The van der Waals surface area contributed by atoms with Crippen LogP contribution in [0.3, 0.4) is 0 Å². The van der Waals surface area contributed by atoms with Crippen molar-refractivity contribution in [3.8, 4) is 0 Å². The highest BCUT2D eigenvalue weighted by molar-refractivity contribution is 7.89. The summed E-state index contributed by atoms with van der Waals surface area (Å²) in [5.74, 6) is 0. The normalized spacial score (nSPS) is 16.3. The Bertz CT molecular complexity index is 910. The molecule has 0 radical (unpaired) electrons. The fourth-order valence-corrected chi connectivity index (χ4v) is 4.82. The van der Waals surface area contributed by atoms with Gasteiger partial charge in [-0.05, 0) is 36.6 Å². The summed E-state index contributed by atoms with van der Waals surface area (Å²) in [5.41, 5.74) is 1.50. The Morgan fingerprint density at radius 3 is 2.41 bits per heavy atom. The number of nitrogens with zero attached hydrogens (tertiary/aromatic N) is 4. The minimum atomic E-state index is -3.75. The minimum Gasteiger partial charge on any atom is -0.300 e. The van der Waals surface area contributed by atoms with Crippen LogP contribution in [-0.2, 0) is 16.4 Å². The van der Waals surface area contributed by atoms with Crippen molar-refractivity contribution in [1.82, 2.24) is 14.2 Å². The molecule has 1 aromatic heterocycles. The number of pyridine rings is 1. The molecule has 1 fully saturated rings. The minimum absolute atomic E-state index is 0.0157. The van der Waals surface area contributed by atoms with Gasteiger partial charge < -0.3 is 4.90 Å². The van der Waals surface area contributed by atoms with Gasteiger partial charge in [0.1, 0.15) is 0 Å². The second-order valence-electron chi connectivity index (χ2n) is 6.56. The highest BCUT2D eigenvalue weighted by Gasteiger charge is 2.30. The molecular weight excluding hydrogens is 368 g/mol. The van der Waals surface area contributed by atoms with Gasteiger partial charge in [-0.2, -0.15) is 4.31 Å². The highest BCUT2D eigenvalue weighted by Crippen LogP contribution is 2.25. The lowest BCUT2D eigenvalue weighted by Crippen LogP contribution is -2.49. The zero-order valence-electron chi connectivity index (χ0n) is 15.1.